The van der Waals surface area contributed by atoms with Crippen LogP contribution in [0.3, 0.4) is 0 Å². The zero-order chi connectivity index (χ0) is 13.9. The smallest absolute Gasteiger partial charge is 0.118 e. The van der Waals surface area contributed by atoms with E-state index in [9.17, 15) is 0 Å². The highest BCUT2D eigenvalue weighted by Crippen LogP contribution is 2.32. The number of ether oxygens (including phenoxy) is 1. The van der Waals surface area contributed by atoms with Gasteiger partial charge < -0.3 is 9.64 Å². The largest absolute Gasteiger partial charge is 0.497 e. The quantitative estimate of drug-likeness (QED) is 0.854. The highest BCUT2D eigenvalue weighted by atomic mass is 79.9. The second-order valence-electron chi connectivity index (χ2n) is 4.99. The molecule has 0 radical (unpaired) electrons. The van der Waals surface area contributed by atoms with Gasteiger partial charge in [0.05, 0.1) is 19.0 Å². The van der Waals surface area contributed by atoms with Gasteiger partial charge in [-0.15, -0.1) is 0 Å². The Morgan fingerprint density at radius 3 is 2.80 bits per heavy atom. The van der Waals surface area contributed by atoms with Crippen molar-refractivity contribution in [2.75, 3.05) is 18.6 Å². The molecule has 0 amide bonds. The molecular formula is C16H17BrN2O. The van der Waals surface area contributed by atoms with Crippen molar-refractivity contribution in [2.24, 2.45) is 0 Å². The minimum atomic E-state index is 0.900. The molecule has 0 saturated heterocycles. The van der Waals surface area contributed by atoms with E-state index in [1.807, 2.05) is 24.5 Å². The molecule has 0 N–H and O–H groups in total. The number of methoxy groups -OCH3 is 1. The third-order valence-corrected chi connectivity index (χ3v) is 4.39. The molecule has 1 aromatic carbocycles. The molecule has 20 heavy (non-hydrogen) atoms. The molecule has 0 fully saturated rings. The molecule has 4 heteroatoms. The third-order valence-electron chi connectivity index (χ3n) is 3.71. The van der Waals surface area contributed by atoms with Crippen LogP contribution in [0.5, 0.6) is 5.75 Å². The topological polar surface area (TPSA) is 25.4 Å². The van der Waals surface area contributed by atoms with Gasteiger partial charge in [0.1, 0.15) is 5.75 Å². The summed E-state index contributed by atoms with van der Waals surface area (Å²) < 4.78 is 6.32. The molecule has 2 heterocycles. The Kier molecular flexibility index (Phi) is 3.92. The minimum absolute atomic E-state index is 0.900. The summed E-state index contributed by atoms with van der Waals surface area (Å²) in [5, 5.41) is 0. The SMILES string of the molecule is COc1ccc(CN2CCCc3c(Br)cncc32)cc1. The number of rotatable bonds is 3. The first-order valence-corrected chi connectivity index (χ1v) is 7.57. The van der Waals surface area contributed by atoms with Gasteiger partial charge in [-0.05, 0) is 52.0 Å². The molecule has 3 nitrogen and oxygen atoms in total. The lowest BCUT2D eigenvalue weighted by Crippen LogP contribution is -2.29. The first-order valence-electron chi connectivity index (χ1n) is 6.78. The fourth-order valence-electron chi connectivity index (χ4n) is 2.65. The van der Waals surface area contributed by atoms with Gasteiger partial charge in [-0.25, -0.2) is 0 Å². The fraction of sp³-hybridized carbons (Fsp3) is 0.312. The van der Waals surface area contributed by atoms with Crippen molar-refractivity contribution < 1.29 is 4.74 Å². The van der Waals surface area contributed by atoms with Crippen molar-refractivity contribution in [3.63, 3.8) is 0 Å². The molecule has 104 valence electrons. The highest BCUT2D eigenvalue weighted by Gasteiger charge is 2.19. The number of pyridine rings is 1. The normalized spacial score (nSPS) is 14.0. The zero-order valence-electron chi connectivity index (χ0n) is 11.5. The standard InChI is InChI=1S/C16H17BrN2O/c1-20-13-6-4-12(5-7-13)11-19-8-2-3-14-15(17)9-18-10-16(14)19/h4-7,9-10H,2-3,8,11H2,1H3. The molecule has 0 spiro atoms. The number of benzene rings is 1. The number of anilines is 1. The molecule has 0 unspecified atom stereocenters. The van der Waals surface area contributed by atoms with Crippen LogP contribution in [0, 0.1) is 0 Å². The van der Waals surface area contributed by atoms with E-state index in [1.54, 1.807) is 7.11 Å². The number of aromatic nitrogens is 1. The molecule has 1 aliphatic rings. The summed E-state index contributed by atoms with van der Waals surface area (Å²) in [5.74, 6) is 0.900. The summed E-state index contributed by atoms with van der Waals surface area (Å²) in [6.45, 7) is 1.99. The van der Waals surface area contributed by atoms with E-state index in [4.69, 9.17) is 4.74 Å². The maximum atomic E-state index is 5.20. The van der Waals surface area contributed by atoms with Gasteiger partial charge in [0.2, 0.25) is 0 Å². The average Bonchev–Trinajstić information content (AvgIpc) is 2.49. The Hall–Kier alpha value is -1.55. The number of hydrogen-bond donors (Lipinski definition) is 0. The average molecular weight is 333 g/mol. The van der Waals surface area contributed by atoms with E-state index >= 15 is 0 Å². The van der Waals surface area contributed by atoms with Crippen LogP contribution in [0.1, 0.15) is 17.5 Å². The van der Waals surface area contributed by atoms with Crippen molar-refractivity contribution >= 4 is 21.6 Å². The maximum absolute atomic E-state index is 5.20. The lowest BCUT2D eigenvalue weighted by atomic mass is 10.0. The predicted octanol–water partition coefficient (Wildman–Crippen LogP) is 3.81. The second kappa shape index (κ2) is 5.83. The van der Waals surface area contributed by atoms with Crippen LogP contribution in [-0.2, 0) is 13.0 Å². The maximum Gasteiger partial charge on any atom is 0.118 e. The Morgan fingerprint density at radius 2 is 2.05 bits per heavy atom. The second-order valence-corrected chi connectivity index (χ2v) is 5.85. The molecule has 1 aromatic heterocycles. The Bertz CT molecular complexity index is 598. The zero-order valence-corrected chi connectivity index (χ0v) is 13.1. The van der Waals surface area contributed by atoms with E-state index in [0.717, 1.165) is 29.7 Å². The Morgan fingerprint density at radius 1 is 1.25 bits per heavy atom. The summed E-state index contributed by atoms with van der Waals surface area (Å²) in [6, 6.07) is 8.27. The minimum Gasteiger partial charge on any atom is -0.497 e. The van der Waals surface area contributed by atoms with E-state index in [2.05, 4.69) is 37.9 Å². The summed E-state index contributed by atoms with van der Waals surface area (Å²) >= 11 is 3.61. The molecule has 0 saturated carbocycles. The molecular weight excluding hydrogens is 316 g/mol. The van der Waals surface area contributed by atoms with Crippen LogP contribution in [0.2, 0.25) is 0 Å². The van der Waals surface area contributed by atoms with Gasteiger partial charge in [-0.2, -0.15) is 0 Å². The number of halogens is 1. The highest BCUT2D eigenvalue weighted by molar-refractivity contribution is 9.10. The monoisotopic (exact) mass is 332 g/mol. The summed E-state index contributed by atoms with van der Waals surface area (Å²) in [4.78, 5) is 6.71. The molecule has 2 aromatic rings. The van der Waals surface area contributed by atoms with Crippen LogP contribution in [0.25, 0.3) is 0 Å². The van der Waals surface area contributed by atoms with Crippen LogP contribution in [0.15, 0.2) is 41.1 Å². The summed E-state index contributed by atoms with van der Waals surface area (Å²) in [7, 11) is 1.69. The number of hydrogen-bond acceptors (Lipinski definition) is 3. The van der Waals surface area contributed by atoms with Gasteiger partial charge in [0.15, 0.2) is 0 Å². The molecule has 0 atom stereocenters. The summed E-state index contributed by atoms with van der Waals surface area (Å²) in [5.41, 5.74) is 3.92. The van der Waals surface area contributed by atoms with Crippen LogP contribution in [-0.4, -0.2) is 18.6 Å². The molecule has 0 bridgehead atoms. The van der Waals surface area contributed by atoms with Gasteiger partial charge in [-0.3, -0.25) is 4.98 Å². The van der Waals surface area contributed by atoms with E-state index in [0.29, 0.717) is 0 Å². The third kappa shape index (κ3) is 2.66. The van der Waals surface area contributed by atoms with Gasteiger partial charge in [-0.1, -0.05) is 12.1 Å². The molecule has 0 aliphatic carbocycles. The van der Waals surface area contributed by atoms with Crippen molar-refractivity contribution in [3.8, 4) is 5.75 Å². The lowest BCUT2D eigenvalue weighted by Gasteiger charge is -2.31. The number of nitrogens with zero attached hydrogens (tertiary/aromatic N) is 2. The number of fused-ring (bicyclic) bond motifs is 1. The Balaban J connectivity index is 1.83. The van der Waals surface area contributed by atoms with Crippen LogP contribution < -0.4 is 9.64 Å². The summed E-state index contributed by atoms with van der Waals surface area (Å²) in [6.07, 6.45) is 6.17. The van der Waals surface area contributed by atoms with Gasteiger partial charge >= 0.3 is 0 Å². The van der Waals surface area contributed by atoms with Crippen LogP contribution in [0.4, 0.5) is 5.69 Å². The molecule has 3 rings (SSSR count). The predicted molar refractivity (Wildman–Crippen MR) is 84.3 cm³/mol. The van der Waals surface area contributed by atoms with Crippen molar-refractivity contribution in [3.05, 3.63) is 52.3 Å². The van der Waals surface area contributed by atoms with E-state index in [1.165, 1.54) is 23.2 Å². The van der Waals surface area contributed by atoms with Gasteiger partial charge in [0.25, 0.3) is 0 Å². The first kappa shape index (κ1) is 13.4. The van der Waals surface area contributed by atoms with E-state index in [-0.39, 0.29) is 0 Å². The van der Waals surface area contributed by atoms with Gasteiger partial charge in [0, 0.05) is 23.8 Å². The van der Waals surface area contributed by atoms with Crippen LogP contribution >= 0.6 is 15.9 Å². The Labute approximate surface area is 127 Å². The van der Waals surface area contributed by atoms with E-state index < -0.39 is 0 Å². The lowest BCUT2D eigenvalue weighted by molar-refractivity contribution is 0.414. The fourth-order valence-corrected chi connectivity index (χ4v) is 3.17. The van der Waals surface area contributed by atoms with Crippen molar-refractivity contribution in [1.82, 2.24) is 4.98 Å². The first-order chi connectivity index (χ1) is 9.78. The van der Waals surface area contributed by atoms with Crippen molar-refractivity contribution in [2.45, 2.75) is 19.4 Å². The van der Waals surface area contributed by atoms with Crippen molar-refractivity contribution in [1.29, 1.82) is 0 Å². The molecule has 1 aliphatic heterocycles.